The second-order valence-corrected chi connectivity index (χ2v) is 7.51. The number of hydrogen-bond acceptors (Lipinski definition) is 4. The van der Waals surface area contributed by atoms with Gasteiger partial charge in [0.25, 0.3) is 0 Å². The fourth-order valence-electron chi connectivity index (χ4n) is 3.94. The maximum absolute atomic E-state index is 10.8. The summed E-state index contributed by atoms with van der Waals surface area (Å²) in [5, 5.41) is 12.5. The molecule has 0 unspecified atom stereocenters. The Bertz CT molecular complexity index is 1010. The van der Waals surface area contributed by atoms with Gasteiger partial charge < -0.3 is 10.0 Å². The zero-order valence-electron chi connectivity index (χ0n) is 16.6. The van der Waals surface area contributed by atoms with Crippen molar-refractivity contribution >= 4 is 28.4 Å². The number of amides is 1. The number of pyridine rings is 1. The van der Waals surface area contributed by atoms with E-state index in [0.717, 1.165) is 55.9 Å². The summed E-state index contributed by atoms with van der Waals surface area (Å²) < 4.78 is 0. The fourth-order valence-corrected chi connectivity index (χ4v) is 3.94. The summed E-state index contributed by atoms with van der Waals surface area (Å²) in [5.74, 6) is 0. The van der Waals surface area contributed by atoms with Crippen molar-refractivity contribution in [2.24, 2.45) is 0 Å². The Balaban J connectivity index is 1.35. The lowest BCUT2D eigenvalue weighted by Crippen LogP contribution is -2.47. The minimum absolute atomic E-state index is 0.625. The fraction of sp³-hybridized carbons (Fsp3) is 0.304. The SMILES string of the molecule is Cc1ccc2c(N3CCN(CCc4cccc(NC(=O)O)c4)CC3)cccc2n1. The number of aromatic nitrogens is 1. The first-order valence-electron chi connectivity index (χ1n) is 10.0. The lowest BCUT2D eigenvalue weighted by atomic mass is 10.1. The van der Waals surface area contributed by atoms with E-state index in [4.69, 9.17) is 5.11 Å². The van der Waals surface area contributed by atoms with Crippen LogP contribution in [0.5, 0.6) is 0 Å². The number of carboxylic acid groups (broad SMARTS) is 1. The highest BCUT2D eigenvalue weighted by atomic mass is 16.4. The molecule has 0 spiro atoms. The van der Waals surface area contributed by atoms with Crippen LogP contribution in [0.25, 0.3) is 10.9 Å². The number of anilines is 2. The summed E-state index contributed by atoms with van der Waals surface area (Å²) in [5.41, 5.74) is 5.14. The molecule has 1 aliphatic rings. The van der Waals surface area contributed by atoms with E-state index in [1.54, 1.807) is 6.07 Å². The van der Waals surface area contributed by atoms with Gasteiger partial charge in [-0.1, -0.05) is 18.2 Å². The Morgan fingerprint density at radius 2 is 1.86 bits per heavy atom. The van der Waals surface area contributed by atoms with Gasteiger partial charge in [0.1, 0.15) is 0 Å². The Hall–Kier alpha value is -3.12. The average molecular weight is 390 g/mol. The van der Waals surface area contributed by atoms with Crippen LogP contribution in [0.4, 0.5) is 16.2 Å². The number of nitrogens with one attached hydrogen (secondary N) is 1. The summed E-state index contributed by atoms with van der Waals surface area (Å²) in [6, 6.07) is 18.3. The standard InChI is InChI=1S/C23H26N4O2/c1-17-8-9-20-21(24-17)6-3-7-22(20)27-14-12-26(13-15-27)11-10-18-4-2-5-19(16-18)25-23(28)29/h2-9,16,25H,10-15H2,1H3,(H,28,29). The third kappa shape index (κ3) is 4.66. The number of carbonyl (C=O) groups is 1. The molecule has 2 N–H and O–H groups in total. The Morgan fingerprint density at radius 1 is 1.07 bits per heavy atom. The Kier molecular flexibility index (Phi) is 5.62. The molecule has 1 aromatic heterocycles. The molecule has 6 heteroatoms. The highest BCUT2D eigenvalue weighted by Gasteiger charge is 2.18. The minimum atomic E-state index is -1.03. The molecule has 4 rings (SSSR count). The molecule has 0 atom stereocenters. The Labute approximate surface area is 170 Å². The molecule has 1 aliphatic heterocycles. The van der Waals surface area contributed by atoms with E-state index in [2.05, 4.69) is 50.4 Å². The number of rotatable bonds is 5. The summed E-state index contributed by atoms with van der Waals surface area (Å²) in [6.07, 6.45) is -0.121. The van der Waals surface area contributed by atoms with E-state index in [1.807, 2.05) is 25.1 Å². The maximum atomic E-state index is 10.8. The van der Waals surface area contributed by atoms with Gasteiger partial charge in [-0.25, -0.2) is 4.79 Å². The van der Waals surface area contributed by atoms with Gasteiger partial charge in [-0.05, 0) is 55.3 Å². The molecule has 6 nitrogen and oxygen atoms in total. The molecule has 1 amide bonds. The molecule has 0 aliphatic carbocycles. The Morgan fingerprint density at radius 3 is 2.66 bits per heavy atom. The van der Waals surface area contributed by atoms with Crippen LogP contribution in [0.1, 0.15) is 11.3 Å². The molecule has 0 bridgehead atoms. The molecule has 150 valence electrons. The van der Waals surface area contributed by atoms with E-state index in [1.165, 1.54) is 11.1 Å². The maximum Gasteiger partial charge on any atom is 0.409 e. The first-order chi connectivity index (χ1) is 14.1. The van der Waals surface area contributed by atoms with E-state index in [9.17, 15) is 4.79 Å². The summed E-state index contributed by atoms with van der Waals surface area (Å²) in [4.78, 5) is 20.4. The number of hydrogen-bond donors (Lipinski definition) is 2. The molecule has 2 aromatic carbocycles. The lowest BCUT2D eigenvalue weighted by molar-refractivity contribution is 0.209. The second-order valence-electron chi connectivity index (χ2n) is 7.51. The van der Waals surface area contributed by atoms with Gasteiger partial charge in [-0.15, -0.1) is 0 Å². The largest absolute Gasteiger partial charge is 0.465 e. The van der Waals surface area contributed by atoms with E-state index in [0.29, 0.717) is 5.69 Å². The van der Waals surface area contributed by atoms with Gasteiger partial charge in [-0.3, -0.25) is 15.2 Å². The molecule has 1 saturated heterocycles. The van der Waals surface area contributed by atoms with Crippen molar-refractivity contribution in [2.75, 3.05) is 42.9 Å². The van der Waals surface area contributed by atoms with Crippen LogP contribution in [0.15, 0.2) is 54.6 Å². The molecular formula is C23H26N4O2. The van der Waals surface area contributed by atoms with Gasteiger partial charge in [0, 0.05) is 55.2 Å². The van der Waals surface area contributed by atoms with Crippen molar-refractivity contribution in [1.29, 1.82) is 0 Å². The number of aryl methyl sites for hydroxylation is 1. The molecule has 0 radical (unpaired) electrons. The molecule has 0 saturated carbocycles. The van der Waals surface area contributed by atoms with Crippen LogP contribution in [-0.2, 0) is 6.42 Å². The van der Waals surface area contributed by atoms with Crippen molar-refractivity contribution in [3.05, 3.63) is 65.9 Å². The average Bonchev–Trinajstić information content (AvgIpc) is 2.72. The van der Waals surface area contributed by atoms with Crippen molar-refractivity contribution in [3.63, 3.8) is 0 Å². The normalized spacial score (nSPS) is 14.9. The monoisotopic (exact) mass is 390 g/mol. The molecular weight excluding hydrogens is 364 g/mol. The van der Waals surface area contributed by atoms with Gasteiger partial charge in [0.05, 0.1) is 5.52 Å². The highest BCUT2D eigenvalue weighted by Crippen LogP contribution is 2.27. The molecule has 2 heterocycles. The quantitative estimate of drug-likeness (QED) is 0.689. The third-order valence-electron chi connectivity index (χ3n) is 5.46. The van der Waals surface area contributed by atoms with Crippen molar-refractivity contribution in [1.82, 2.24) is 9.88 Å². The molecule has 1 fully saturated rings. The summed E-state index contributed by atoms with van der Waals surface area (Å²) in [6.45, 7) is 7.02. The first kappa shape index (κ1) is 19.2. The van der Waals surface area contributed by atoms with Crippen molar-refractivity contribution in [2.45, 2.75) is 13.3 Å². The number of benzene rings is 2. The van der Waals surface area contributed by atoms with E-state index < -0.39 is 6.09 Å². The topological polar surface area (TPSA) is 68.7 Å². The number of piperazine rings is 1. The van der Waals surface area contributed by atoms with Crippen molar-refractivity contribution < 1.29 is 9.90 Å². The van der Waals surface area contributed by atoms with Crippen LogP contribution >= 0.6 is 0 Å². The van der Waals surface area contributed by atoms with Gasteiger partial charge in [-0.2, -0.15) is 0 Å². The van der Waals surface area contributed by atoms with Crippen LogP contribution in [0.2, 0.25) is 0 Å². The van der Waals surface area contributed by atoms with Crippen molar-refractivity contribution in [3.8, 4) is 0 Å². The zero-order chi connectivity index (χ0) is 20.2. The number of nitrogens with zero attached hydrogens (tertiary/aromatic N) is 3. The third-order valence-corrected chi connectivity index (χ3v) is 5.46. The van der Waals surface area contributed by atoms with E-state index >= 15 is 0 Å². The smallest absolute Gasteiger partial charge is 0.409 e. The predicted molar refractivity (Wildman–Crippen MR) is 117 cm³/mol. The van der Waals surface area contributed by atoms with Crippen LogP contribution in [0, 0.1) is 6.92 Å². The molecule has 3 aromatic rings. The first-order valence-corrected chi connectivity index (χ1v) is 10.0. The predicted octanol–water partition coefficient (Wildman–Crippen LogP) is 4.00. The van der Waals surface area contributed by atoms with Gasteiger partial charge in [0.15, 0.2) is 0 Å². The molecule has 29 heavy (non-hydrogen) atoms. The highest BCUT2D eigenvalue weighted by molar-refractivity contribution is 5.92. The second kappa shape index (κ2) is 8.49. The van der Waals surface area contributed by atoms with Gasteiger partial charge >= 0.3 is 6.09 Å². The summed E-state index contributed by atoms with van der Waals surface area (Å²) >= 11 is 0. The number of fused-ring (bicyclic) bond motifs is 1. The minimum Gasteiger partial charge on any atom is -0.465 e. The van der Waals surface area contributed by atoms with Gasteiger partial charge in [0.2, 0.25) is 0 Å². The van der Waals surface area contributed by atoms with Crippen LogP contribution in [0.3, 0.4) is 0 Å². The van der Waals surface area contributed by atoms with Crippen LogP contribution < -0.4 is 10.2 Å². The van der Waals surface area contributed by atoms with Crippen LogP contribution in [-0.4, -0.2) is 53.8 Å². The van der Waals surface area contributed by atoms with E-state index in [-0.39, 0.29) is 0 Å². The zero-order valence-corrected chi connectivity index (χ0v) is 16.6. The lowest BCUT2D eigenvalue weighted by Gasteiger charge is -2.36. The summed E-state index contributed by atoms with van der Waals surface area (Å²) in [7, 11) is 0.